The molecule has 0 bridgehead atoms. The monoisotopic (exact) mass is 561 g/mol. The van der Waals surface area contributed by atoms with Gasteiger partial charge in [-0.3, -0.25) is 9.89 Å². The lowest BCUT2D eigenvalue weighted by Gasteiger charge is -2.33. The number of primary sulfonamides is 1. The molecule has 31 heavy (non-hydrogen) atoms. The number of hydrogen-bond donors (Lipinski definition) is 3. The molecule has 0 aliphatic carbocycles. The lowest BCUT2D eigenvalue weighted by atomic mass is 10.1. The van der Waals surface area contributed by atoms with Crippen LogP contribution < -0.4 is 15.8 Å². The normalized spacial score (nSPS) is 16.4. The van der Waals surface area contributed by atoms with Crippen LogP contribution in [-0.2, 0) is 16.4 Å². The summed E-state index contributed by atoms with van der Waals surface area (Å²) in [4.78, 5) is 6.90. The van der Waals surface area contributed by atoms with Gasteiger partial charge in [0.15, 0.2) is 5.96 Å². The summed E-state index contributed by atoms with van der Waals surface area (Å²) < 4.78 is 28.4. The Hall–Kier alpha value is -1.63. The Morgan fingerprint density at radius 3 is 2.45 bits per heavy atom. The van der Waals surface area contributed by atoms with Gasteiger partial charge in [0, 0.05) is 20.1 Å². The van der Waals surface area contributed by atoms with E-state index in [1.54, 1.807) is 25.4 Å². The van der Waals surface area contributed by atoms with Crippen LogP contribution in [0.1, 0.15) is 36.6 Å². The van der Waals surface area contributed by atoms with Crippen molar-refractivity contribution < 1.29 is 12.8 Å². The highest BCUT2D eigenvalue weighted by molar-refractivity contribution is 14.0. The predicted molar refractivity (Wildman–Crippen MR) is 133 cm³/mol. The molecule has 172 valence electrons. The lowest BCUT2D eigenvalue weighted by Crippen LogP contribution is -2.44. The van der Waals surface area contributed by atoms with Crippen molar-refractivity contribution in [2.75, 3.05) is 33.2 Å². The van der Waals surface area contributed by atoms with E-state index in [2.05, 4.69) is 20.5 Å². The van der Waals surface area contributed by atoms with Crippen molar-refractivity contribution in [2.45, 2.75) is 36.6 Å². The molecule has 1 atom stereocenters. The van der Waals surface area contributed by atoms with Gasteiger partial charge in [-0.05, 0) is 62.2 Å². The second-order valence-electron chi connectivity index (χ2n) is 7.45. The van der Waals surface area contributed by atoms with E-state index in [-0.39, 0.29) is 34.9 Å². The molecule has 1 aliphatic heterocycles. The van der Waals surface area contributed by atoms with Gasteiger partial charge in [-0.15, -0.1) is 24.0 Å². The number of furan rings is 1. The molecular formula is C21H32IN5O3S. The molecule has 10 heteroatoms. The van der Waals surface area contributed by atoms with E-state index in [0.29, 0.717) is 13.1 Å². The number of guanidine groups is 1. The molecule has 1 fully saturated rings. The Morgan fingerprint density at radius 2 is 1.87 bits per heavy atom. The zero-order valence-corrected chi connectivity index (χ0v) is 20.9. The smallest absolute Gasteiger partial charge is 0.238 e. The van der Waals surface area contributed by atoms with Crippen LogP contribution >= 0.6 is 24.0 Å². The first-order valence-corrected chi connectivity index (χ1v) is 11.9. The van der Waals surface area contributed by atoms with Crippen LogP contribution in [-0.4, -0.2) is 52.5 Å². The van der Waals surface area contributed by atoms with Gasteiger partial charge in [-0.25, -0.2) is 13.6 Å². The van der Waals surface area contributed by atoms with E-state index in [9.17, 15) is 8.42 Å². The number of halogens is 1. The molecule has 0 amide bonds. The van der Waals surface area contributed by atoms with Gasteiger partial charge in [0.25, 0.3) is 0 Å². The van der Waals surface area contributed by atoms with Crippen molar-refractivity contribution in [2.24, 2.45) is 10.1 Å². The van der Waals surface area contributed by atoms with Gasteiger partial charge in [0.1, 0.15) is 5.76 Å². The molecule has 1 aliphatic rings. The molecule has 1 saturated heterocycles. The third-order valence-electron chi connectivity index (χ3n) is 5.35. The SMILES string of the molecule is CN=C(NCCc1ccc(S(N)(=O)=O)cc1)NCC(c1ccco1)N1CCCCC1.I. The first kappa shape index (κ1) is 25.6. The number of piperidine rings is 1. The number of nitrogens with two attached hydrogens (primary N) is 1. The van der Waals surface area contributed by atoms with E-state index >= 15 is 0 Å². The number of nitrogens with one attached hydrogen (secondary N) is 2. The highest BCUT2D eigenvalue weighted by Gasteiger charge is 2.24. The molecule has 0 radical (unpaired) electrons. The second kappa shape index (κ2) is 12.4. The predicted octanol–water partition coefficient (Wildman–Crippen LogP) is 2.48. The fourth-order valence-electron chi connectivity index (χ4n) is 3.71. The Bertz CT molecular complexity index is 911. The second-order valence-corrected chi connectivity index (χ2v) is 9.01. The summed E-state index contributed by atoms with van der Waals surface area (Å²) in [6.07, 6.45) is 6.18. The third-order valence-corrected chi connectivity index (χ3v) is 6.28. The van der Waals surface area contributed by atoms with Crippen molar-refractivity contribution in [3.8, 4) is 0 Å². The quantitative estimate of drug-likeness (QED) is 0.260. The number of sulfonamides is 1. The zero-order chi connectivity index (χ0) is 21.4. The van der Waals surface area contributed by atoms with Crippen molar-refractivity contribution in [3.63, 3.8) is 0 Å². The Kier molecular flexibility index (Phi) is 10.3. The highest BCUT2D eigenvalue weighted by Crippen LogP contribution is 2.24. The molecule has 4 N–H and O–H groups in total. The summed E-state index contributed by atoms with van der Waals surface area (Å²) in [6, 6.07) is 10.8. The summed E-state index contributed by atoms with van der Waals surface area (Å²) in [5, 5.41) is 11.9. The van der Waals surface area contributed by atoms with Crippen LogP contribution in [0.25, 0.3) is 0 Å². The first-order chi connectivity index (χ1) is 14.5. The van der Waals surface area contributed by atoms with Crippen LogP contribution in [0.4, 0.5) is 0 Å². The van der Waals surface area contributed by atoms with Gasteiger partial charge >= 0.3 is 0 Å². The van der Waals surface area contributed by atoms with Crippen LogP contribution in [0.5, 0.6) is 0 Å². The minimum Gasteiger partial charge on any atom is -0.468 e. The third kappa shape index (κ3) is 7.78. The number of benzene rings is 1. The lowest BCUT2D eigenvalue weighted by molar-refractivity contribution is 0.146. The summed E-state index contributed by atoms with van der Waals surface area (Å²) in [7, 11) is -1.91. The van der Waals surface area contributed by atoms with E-state index in [1.807, 2.05) is 12.1 Å². The average molecular weight is 561 g/mol. The Balaban J connectivity index is 0.00000341. The maximum atomic E-state index is 11.3. The van der Waals surface area contributed by atoms with Gasteiger partial charge in [0.2, 0.25) is 10.0 Å². The number of likely N-dealkylation sites (tertiary alicyclic amines) is 1. The standard InChI is InChI=1S/C21H31N5O3S.HI/c1-23-21(24-12-11-17-7-9-18(10-8-17)30(22,27)28)25-16-19(20-6-5-15-29-20)26-13-3-2-4-14-26;/h5-10,15,19H,2-4,11-14,16H2,1H3,(H2,22,27,28)(H2,23,24,25);1H. The topological polar surface area (TPSA) is 113 Å². The maximum Gasteiger partial charge on any atom is 0.238 e. The summed E-state index contributed by atoms with van der Waals surface area (Å²) in [5.41, 5.74) is 1.02. The van der Waals surface area contributed by atoms with E-state index < -0.39 is 10.0 Å². The molecule has 0 spiro atoms. The van der Waals surface area contributed by atoms with Crippen LogP contribution in [0.15, 0.2) is 57.0 Å². The van der Waals surface area contributed by atoms with Crippen molar-refractivity contribution >= 4 is 40.0 Å². The molecule has 2 aromatic rings. The summed E-state index contributed by atoms with van der Waals surface area (Å²) in [6.45, 7) is 3.53. The van der Waals surface area contributed by atoms with Crippen molar-refractivity contribution in [1.29, 1.82) is 0 Å². The van der Waals surface area contributed by atoms with Crippen LogP contribution in [0, 0.1) is 0 Å². The number of nitrogens with zero attached hydrogens (tertiary/aromatic N) is 2. The minimum absolute atomic E-state index is 0. The minimum atomic E-state index is -3.66. The van der Waals surface area contributed by atoms with Gasteiger partial charge in [-0.1, -0.05) is 18.6 Å². The molecule has 1 aromatic carbocycles. The molecule has 2 heterocycles. The highest BCUT2D eigenvalue weighted by atomic mass is 127. The van der Waals surface area contributed by atoms with Gasteiger partial charge in [0.05, 0.1) is 17.2 Å². The first-order valence-electron chi connectivity index (χ1n) is 10.3. The van der Waals surface area contributed by atoms with Crippen LogP contribution in [0.3, 0.4) is 0 Å². The van der Waals surface area contributed by atoms with Crippen LogP contribution in [0.2, 0.25) is 0 Å². The fraction of sp³-hybridized carbons (Fsp3) is 0.476. The number of aliphatic imine (C=N–C) groups is 1. The maximum absolute atomic E-state index is 11.3. The fourth-order valence-corrected chi connectivity index (χ4v) is 4.22. The molecule has 0 saturated carbocycles. The Labute approximate surface area is 201 Å². The zero-order valence-electron chi connectivity index (χ0n) is 17.8. The largest absolute Gasteiger partial charge is 0.468 e. The molecular weight excluding hydrogens is 529 g/mol. The number of hydrogen-bond acceptors (Lipinski definition) is 5. The number of rotatable bonds is 8. The van der Waals surface area contributed by atoms with Crippen molar-refractivity contribution in [1.82, 2.24) is 15.5 Å². The molecule has 1 unspecified atom stereocenters. The summed E-state index contributed by atoms with van der Waals surface area (Å²) in [5.74, 6) is 1.69. The van der Waals surface area contributed by atoms with Gasteiger partial charge < -0.3 is 15.1 Å². The van der Waals surface area contributed by atoms with E-state index in [1.165, 1.54) is 31.4 Å². The van der Waals surface area contributed by atoms with E-state index in [0.717, 1.165) is 36.8 Å². The summed E-state index contributed by atoms with van der Waals surface area (Å²) >= 11 is 0. The molecule has 8 nitrogen and oxygen atoms in total. The molecule has 3 rings (SSSR count). The van der Waals surface area contributed by atoms with Gasteiger partial charge in [-0.2, -0.15) is 0 Å². The molecule has 1 aromatic heterocycles. The van der Waals surface area contributed by atoms with Crippen molar-refractivity contribution in [3.05, 3.63) is 54.0 Å². The average Bonchev–Trinajstić information content (AvgIpc) is 3.27. The van der Waals surface area contributed by atoms with E-state index in [4.69, 9.17) is 9.56 Å². The Morgan fingerprint density at radius 1 is 1.16 bits per heavy atom.